The Labute approximate surface area is 177 Å². The van der Waals surface area contributed by atoms with Crippen LogP contribution >= 0.6 is 23.1 Å². The summed E-state index contributed by atoms with van der Waals surface area (Å²) in [5, 5.41) is 5.32. The summed E-state index contributed by atoms with van der Waals surface area (Å²) in [6.45, 7) is 5.30. The molecule has 1 N–H and O–H groups in total. The van der Waals surface area contributed by atoms with E-state index < -0.39 is 0 Å². The fraction of sp³-hybridized carbons (Fsp3) is 0.381. The van der Waals surface area contributed by atoms with Crippen molar-refractivity contribution >= 4 is 39.2 Å². The number of aromatic nitrogens is 2. The van der Waals surface area contributed by atoms with Crippen LogP contribution in [0.3, 0.4) is 0 Å². The molecule has 1 amide bonds. The number of ether oxygens (including phenoxy) is 1. The molecule has 1 aromatic carbocycles. The highest BCUT2D eigenvalue weighted by Crippen LogP contribution is 2.25. The quantitative estimate of drug-likeness (QED) is 0.480. The van der Waals surface area contributed by atoms with Crippen LogP contribution in [-0.4, -0.2) is 40.5 Å². The lowest BCUT2D eigenvalue weighted by Crippen LogP contribution is -2.33. The van der Waals surface area contributed by atoms with Crippen LogP contribution < -0.4 is 10.9 Å². The van der Waals surface area contributed by atoms with Gasteiger partial charge in [0.1, 0.15) is 4.70 Å². The molecule has 2 aromatic heterocycles. The Kier molecular flexibility index (Phi) is 6.03. The fourth-order valence-electron chi connectivity index (χ4n) is 3.47. The summed E-state index contributed by atoms with van der Waals surface area (Å²) in [7, 11) is 0. The third-order valence-electron chi connectivity index (χ3n) is 4.93. The summed E-state index contributed by atoms with van der Waals surface area (Å²) in [5.74, 6) is 0.108. The zero-order valence-corrected chi connectivity index (χ0v) is 18.1. The van der Waals surface area contributed by atoms with E-state index in [1.165, 1.54) is 23.1 Å². The first-order valence-corrected chi connectivity index (χ1v) is 11.5. The van der Waals surface area contributed by atoms with E-state index in [4.69, 9.17) is 4.74 Å². The second-order valence-electron chi connectivity index (χ2n) is 7.19. The van der Waals surface area contributed by atoms with Crippen LogP contribution in [0.15, 0.2) is 39.6 Å². The van der Waals surface area contributed by atoms with E-state index in [1.54, 1.807) is 4.57 Å². The molecule has 4 rings (SSSR count). The van der Waals surface area contributed by atoms with Gasteiger partial charge in [0.2, 0.25) is 5.91 Å². The van der Waals surface area contributed by atoms with Gasteiger partial charge in [0.05, 0.1) is 23.1 Å². The molecule has 1 aliphatic heterocycles. The van der Waals surface area contributed by atoms with Gasteiger partial charge in [-0.15, -0.1) is 11.3 Å². The highest BCUT2D eigenvalue weighted by atomic mass is 32.2. The molecule has 152 valence electrons. The van der Waals surface area contributed by atoms with Crippen molar-refractivity contribution in [3.8, 4) is 5.69 Å². The molecule has 1 saturated heterocycles. The normalized spacial score (nSPS) is 16.4. The number of aryl methyl sites for hydroxylation is 2. The first-order chi connectivity index (χ1) is 14.0. The summed E-state index contributed by atoms with van der Waals surface area (Å²) >= 11 is 2.67. The van der Waals surface area contributed by atoms with Gasteiger partial charge in [-0.05, 0) is 49.8 Å². The first kappa shape index (κ1) is 20.1. The standard InChI is InChI=1S/C21H23N3O3S2/c1-13-5-6-17(14(2)10-13)24-20(26)19-16(7-9-28-19)23-21(24)29-12-18(25)22-11-15-4-3-8-27-15/h5-7,9-10,15H,3-4,8,11-12H2,1-2H3,(H,22,25)/t15-/m0/s1. The predicted octanol–water partition coefficient (Wildman–Crippen LogP) is 3.45. The minimum Gasteiger partial charge on any atom is -0.376 e. The smallest absolute Gasteiger partial charge is 0.276 e. The van der Waals surface area contributed by atoms with Crippen molar-refractivity contribution in [2.24, 2.45) is 0 Å². The lowest BCUT2D eigenvalue weighted by Gasteiger charge is -2.15. The molecule has 0 saturated carbocycles. The van der Waals surface area contributed by atoms with Crippen molar-refractivity contribution in [2.45, 2.75) is 37.9 Å². The number of carbonyl (C=O) groups is 1. The number of rotatable bonds is 6. The van der Waals surface area contributed by atoms with Crippen LogP contribution in [0.1, 0.15) is 24.0 Å². The lowest BCUT2D eigenvalue weighted by atomic mass is 10.1. The number of hydrogen-bond acceptors (Lipinski definition) is 6. The number of hydrogen-bond donors (Lipinski definition) is 1. The Morgan fingerprint density at radius 3 is 3.00 bits per heavy atom. The zero-order valence-electron chi connectivity index (χ0n) is 16.4. The van der Waals surface area contributed by atoms with Crippen molar-refractivity contribution in [1.29, 1.82) is 0 Å². The van der Waals surface area contributed by atoms with Crippen molar-refractivity contribution in [3.63, 3.8) is 0 Å². The summed E-state index contributed by atoms with van der Waals surface area (Å²) < 4.78 is 7.80. The summed E-state index contributed by atoms with van der Waals surface area (Å²) in [6, 6.07) is 7.81. The van der Waals surface area contributed by atoms with Gasteiger partial charge in [-0.2, -0.15) is 0 Å². The first-order valence-electron chi connectivity index (χ1n) is 9.62. The summed E-state index contributed by atoms with van der Waals surface area (Å²) in [6.07, 6.45) is 2.13. The molecule has 0 unspecified atom stereocenters. The van der Waals surface area contributed by atoms with Gasteiger partial charge in [0.15, 0.2) is 5.16 Å². The van der Waals surface area contributed by atoms with E-state index in [0.717, 1.165) is 36.3 Å². The van der Waals surface area contributed by atoms with Crippen LogP contribution in [0.4, 0.5) is 0 Å². The van der Waals surface area contributed by atoms with E-state index in [0.29, 0.717) is 21.9 Å². The number of thioether (sulfide) groups is 1. The second kappa shape index (κ2) is 8.69. The summed E-state index contributed by atoms with van der Waals surface area (Å²) in [5.41, 5.74) is 3.50. The molecule has 0 aliphatic carbocycles. The Morgan fingerprint density at radius 1 is 1.38 bits per heavy atom. The molecule has 0 radical (unpaired) electrons. The molecule has 29 heavy (non-hydrogen) atoms. The number of nitrogens with zero attached hydrogens (tertiary/aromatic N) is 2. The van der Waals surface area contributed by atoms with Crippen LogP contribution in [-0.2, 0) is 9.53 Å². The van der Waals surface area contributed by atoms with Gasteiger partial charge in [0.25, 0.3) is 5.56 Å². The average molecular weight is 430 g/mol. The van der Waals surface area contributed by atoms with E-state index in [1.807, 2.05) is 43.5 Å². The molecular formula is C21H23N3O3S2. The van der Waals surface area contributed by atoms with Crippen molar-refractivity contribution < 1.29 is 9.53 Å². The topological polar surface area (TPSA) is 73.2 Å². The van der Waals surface area contributed by atoms with E-state index in [2.05, 4.69) is 10.3 Å². The molecule has 0 bridgehead atoms. The molecule has 1 aliphatic rings. The Morgan fingerprint density at radius 2 is 2.24 bits per heavy atom. The van der Waals surface area contributed by atoms with Crippen molar-refractivity contribution in [2.75, 3.05) is 18.9 Å². The molecule has 3 aromatic rings. The van der Waals surface area contributed by atoms with E-state index >= 15 is 0 Å². The number of nitrogens with one attached hydrogen (secondary N) is 1. The van der Waals surface area contributed by atoms with Gasteiger partial charge in [0, 0.05) is 13.2 Å². The molecule has 6 nitrogen and oxygen atoms in total. The van der Waals surface area contributed by atoms with Gasteiger partial charge in [-0.25, -0.2) is 4.98 Å². The monoisotopic (exact) mass is 429 g/mol. The van der Waals surface area contributed by atoms with Gasteiger partial charge in [-0.3, -0.25) is 14.2 Å². The minimum absolute atomic E-state index is 0.0858. The Hall–Kier alpha value is -2.16. The summed E-state index contributed by atoms with van der Waals surface area (Å²) in [4.78, 5) is 30.2. The molecule has 1 fully saturated rings. The van der Waals surface area contributed by atoms with E-state index in [-0.39, 0.29) is 23.3 Å². The number of amides is 1. The highest BCUT2D eigenvalue weighted by molar-refractivity contribution is 7.99. The van der Waals surface area contributed by atoms with Gasteiger partial charge in [-0.1, -0.05) is 29.5 Å². The maximum Gasteiger partial charge on any atom is 0.276 e. The second-order valence-corrected chi connectivity index (χ2v) is 9.05. The van der Waals surface area contributed by atoms with Crippen molar-refractivity contribution in [3.05, 3.63) is 51.1 Å². The van der Waals surface area contributed by atoms with Crippen LogP contribution in [0.5, 0.6) is 0 Å². The maximum atomic E-state index is 13.2. The number of thiophene rings is 1. The SMILES string of the molecule is Cc1ccc(-n2c(SCC(=O)NC[C@@H]3CCCO3)nc3ccsc3c2=O)c(C)c1. The van der Waals surface area contributed by atoms with Gasteiger partial charge >= 0.3 is 0 Å². The lowest BCUT2D eigenvalue weighted by molar-refractivity contribution is -0.119. The molecule has 8 heteroatoms. The highest BCUT2D eigenvalue weighted by Gasteiger charge is 2.19. The zero-order chi connectivity index (χ0) is 20.4. The molecular weight excluding hydrogens is 406 g/mol. The van der Waals surface area contributed by atoms with Gasteiger partial charge < -0.3 is 10.1 Å². The van der Waals surface area contributed by atoms with E-state index in [9.17, 15) is 9.59 Å². The molecule has 3 heterocycles. The Bertz CT molecular complexity index is 1100. The van der Waals surface area contributed by atoms with Crippen LogP contribution in [0.25, 0.3) is 15.9 Å². The predicted molar refractivity (Wildman–Crippen MR) is 117 cm³/mol. The van der Waals surface area contributed by atoms with Crippen LogP contribution in [0.2, 0.25) is 0 Å². The maximum absolute atomic E-state index is 13.2. The fourth-order valence-corrected chi connectivity index (χ4v) is 5.07. The largest absolute Gasteiger partial charge is 0.376 e. The third-order valence-corrected chi connectivity index (χ3v) is 6.76. The minimum atomic E-state index is -0.0979. The Balaban J connectivity index is 1.60. The molecule has 1 atom stereocenters. The number of fused-ring (bicyclic) bond motifs is 1. The van der Waals surface area contributed by atoms with Crippen LogP contribution in [0, 0.1) is 13.8 Å². The average Bonchev–Trinajstić information content (AvgIpc) is 3.37. The third kappa shape index (κ3) is 4.39. The van der Waals surface area contributed by atoms with Crippen molar-refractivity contribution in [1.82, 2.24) is 14.9 Å². The molecule has 0 spiro atoms. The number of carbonyl (C=O) groups excluding carboxylic acids is 1. The number of benzene rings is 1.